The Morgan fingerprint density at radius 3 is 2.23 bits per heavy atom. The maximum atomic E-state index is 10.2. The van der Waals surface area contributed by atoms with Crippen LogP contribution in [0.1, 0.15) is 57.9 Å². The topological polar surface area (TPSA) is 114 Å². The molecule has 1 aromatic rings. The summed E-state index contributed by atoms with van der Waals surface area (Å²) in [6, 6.07) is 13.7. The molecule has 2 bridgehead atoms. The van der Waals surface area contributed by atoms with E-state index in [1.54, 1.807) is 6.92 Å². The molecule has 156 valence electrons. The highest BCUT2D eigenvalue weighted by Crippen LogP contribution is 2.66. The summed E-state index contributed by atoms with van der Waals surface area (Å²) in [6.07, 6.45) is 4.66. The maximum Gasteiger partial charge on any atom is 0.243 e. The molecule has 6 nitrogen and oxygen atoms in total. The minimum Gasteiger partial charge on any atom is -0.443 e. The lowest BCUT2D eigenvalue weighted by atomic mass is 9.53. The molecule has 0 aromatic heterocycles. The molecule has 1 N–H and O–H groups in total. The van der Waals surface area contributed by atoms with Crippen molar-refractivity contribution in [1.82, 2.24) is 0 Å². The van der Waals surface area contributed by atoms with Gasteiger partial charge in [-0.05, 0) is 18.6 Å². The molecule has 7 heteroatoms. The molecule has 0 radical (unpaired) electrons. The monoisotopic (exact) mass is 468 g/mol. The van der Waals surface area contributed by atoms with Crippen LogP contribution in [0, 0.1) is 56.2 Å². The quantitative estimate of drug-likeness (QED) is 0.526. The number of fused-ring (bicyclic) bond motifs is 2. The van der Waals surface area contributed by atoms with Gasteiger partial charge in [0.25, 0.3) is 0 Å². The molecule has 0 spiro atoms. The third kappa shape index (κ3) is 2.94. The zero-order chi connectivity index (χ0) is 22.0. The van der Waals surface area contributed by atoms with E-state index < -0.39 is 28.6 Å². The van der Waals surface area contributed by atoms with Crippen molar-refractivity contribution in [2.24, 2.45) is 16.7 Å². The van der Waals surface area contributed by atoms with E-state index in [-0.39, 0.29) is 5.90 Å². The number of nitriles is 3. The molecule has 1 aromatic carbocycles. The van der Waals surface area contributed by atoms with E-state index in [4.69, 9.17) is 14.9 Å². The normalized spacial score (nSPS) is 31.3. The molecule has 30 heavy (non-hydrogen) atoms. The summed E-state index contributed by atoms with van der Waals surface area (Å²) in [7, 11) is 0. The Balaban J connectivity index is 2.09. The molecular formula is C23H25BrN4O2. The van der Waals surface area contributed by atoms with E-state index in [9.17, 15) is 15.8 Å². The highest BCUT2D eigenvalue weighted by atomic mass is 79.9. The molecule has 4 atom stereocenters. The van der Waals surface area contributed by atoms with Gasteiger partial charge in [0, 0.05) is 10.0 Å². The fraction of sp³-hybridized carbons (Fsp3) is 0.565. The molecule has 2 aliphatic rings. The van der Waals surface area contributed by atoms with Gasteiger partial charge in [-0.2, -0.15) is 15.8 Å². The van der Waals surface area contributed by atoms with Crippen molar-refractivity contribution in [3.8, 4) is 18.2 Å². The van der Waals surface area contributed by atoms with Crippen molar-refractivity contribution in [1.29, 1.82) is 21.2 Å². The number of rotatable bonds is 7. The van der Waals surface area contributed by atoms with E-state index in [1.807, 2.05) is 24.3 Å². The smallest absolute Gasteiger partial charge is 0.243 e. The summed E-state index contributed by atoms with van der Waals surface area (Å²) < 4.78 is 13.3. The first-order chi connectivity index (χ1) is 14.4. The summed E-state index contributed by atoms with van der Waals surface area (Å²) in [4.78, 5) is 0. The van der Waals surface area contributed by atoms with Gasteiger partial charge in [0.15, 0.2) is 10.8 Å². The Kier molecular flexibility index (Phi) is 6.23. The highest BCUT2D eigenvalue weighted by Gasteiger charge is 2.79. The highest BCUT2D eigenvalue weighted by molar-refractivity contribution is 9.10. The van der Waals surface area contributed by atoms with E-state index in [1.165, 1.54) is 0 Å². The first-order valence-electron chi connectivity index (χ1n) is 10.3. The Morgan fingerprint density at radius 1 is 1.03 bits per heavy atom. The average molecular weight is 469 g/mol. The summed E-state index contributed by atoms with van der Waals surface area (Å²) in [5.41, 5.74) is -2.84. The number of halogens is 1. The minimum absolute atomic E-state index is 0.364. The lowest BCUT2D eigenvalue weighted by molar-refractivity contribution is -0.286. The zero-order valence-corrected chi connectivity index (χ0v) is 18.8. The van der Waals surface area contributed by atoms with Crippen LogP contribution >= 0.6 is 15.9 Å². The number of hydrogen-bond acceptors (Lipinski definition) is 6. The van der Waals surface area contributed by atoms with Crippen LogP contribution in [-0.4, -0.2) is 12.0 Å². The molecule has 2 heterocycles. The molecular weight excluding hydrogens is 444 g/mol. The third-order valence-corrected chi connectivity index (χ3v) is 7.13. The van der Waals surface area contributed by atoms with Gasteiger partial charge in [0.1, 0.15) is 0 Å². The Hall–Kier alpha value is -2.40. The third-order valence-electron chi connectivity index (χ3n) is 6.60. The summed E-state index contributed by atoms with van der Waals surface area (Å²) in [5.74, 6) is -2.45. The van der Waals surface area contributed by atoms with Crippen molar-refractivity contribution in [3.63, 3.8) is 0 Å². The van der Waals surface area contributed by atoms with Crippen LogP contribution in [-0.2, 0) is 15.3 Å². The van der Waals surface area contributed by atoms with E-state index >= 15 is 0 Å². The number of benzene rings is 1. The van der Waals surface area contributed by atoms with Crippen LogP contribution in [0.5, 0.6) is 0 Å². The number of ether oxygens (including phenoxy) is 2. The van der Waals surface area contributed by atoms with Gasteiger partial charge in [0.05, 0.1) is 30.2 Å². The molecule has 3 rings (SSSR count). The molecule has 2 fully saturated rings. The average Bonchev–Trinajstić information content (AvgIpc) is 2.91. The van der Waals surface area contributed by atoms with E-state index in [0.29, 0.717) is 12.0 Å². The lowest BCUT2D eigenvalue weighted by Crippen LogP contribution is -2.60. The fourth-order valence-corrected chi connectivity index (χ4v) is 5.12. The lowest BCUT2D eigenvalue weighted by Gasteiger charge is -2.48. The number of nitrogens with zero attached hydrogens (tertiary/aromatic N) is 3. The summed E-state index contributed by atoms with van der Waals surface area (Å²) in [5, 5.41) is 39.1. The van der Waals surface area contributed by atoms with Crippen LogP contribution in [0.15, 0.2) is 28.7 Å². The van der Waals surface area contributed by atoms with Gasteiger partial charge < -0.3 is 9.47 Å². The van der Waals surface area contributed by atoms with Crippen LogP contribution in [0.3, 0.4) is 0 Å². The Bertz CT molecular complexity index is 928. The molecule has 2 aliphatic heterocycles. The van der Waals surface area contributed by atoms with Crippen molar-refractivity contribution in [2.45, 2.75) is 64.3 Å². The van der Waals surface area contributed by atoms with E-state index in [0.717, 1.165) is 36.6 Å². The van der Waals surface area contributed by atoms with E-state index in [2.05, 4.69) is 41.1 Å². The minimum atomic E-state index is -1.81. The fourth-order valence-electron chi connectivity index (χ4n) is 4.85. The number of hydrogen-bond donors (Lipinski definition) is 1. The van der Waals surface area contributed by atoms with Gasteiger partial charge in [-0.3, -0.25) is 5.41 Å². The summed E-state index contributed by atoms with van der Waals surface area (Å²) >= 11 is 3.42. The first kappa shape index (κ1) is 22.3. The second-order valence-electron chi connectivity index (χ2n) is 8.09. The van der Waals surface area contributed by atoms with Crippen molar-refractivity contribution in [2.75, 3.05) is 0 Å². The van der Waals surface area contributed by atoms with Gasteiger partial charge in [-0.1, -0.05) is 74.0 Å². The second kappa shape index (κ2) is 8.38. The van der Waals surface area contributed by atoms with Gasteiger partial charge in [0.2, 0.25) is 11.7 Å². The largest absolute Gasteiger partial charge is 0.443 e. The summed E-state index contributed by atoms with van der Waals surface area (Å²) in [6.45, 7) is 3.87. The Labute approximate surface area is 186 Å². The zero-order valence-electron chi connectivity index (χ0n) is 17.2. The predicted molar refractivity (Wildman–Crippen MR) is 114 cm³/mol. The molecule has 0 saturated carbocycles. The maximum absolute atomic E-state index is 10.2. The standard InChI is InChI=1S/C23H25BrN4O2/c1-3-4-5-6-7-8-19-21(13-25,14-26)22(15-27)16(2)23(29-19,30-20(22)28)17-9-11-18(24)12-10-17/h9-12,16,19,28H,3-8H2,1-2H3. The van der Waals surface area contributed by atoms with Gasteiger partial charge in [-0.15, -0.1) is 0 Å². The van der Waals surface area contributed by atoms with Gasteiger partial charge >= 0.3 is 0 Å². The molecule has 0 aliphatic carbocycles. The van der Waals surface area contributed by atoms with Crippen molar-refractivity contribution >= 4 is 21.8 Å². The Morgan fingerprint density at radius 2 is 1.67 bits per heavy atom. The van der Waals surface area contributed by atoms with Crippen molar-refractivity contribution in [3.05, 3.63) is 34.3 Å². The second-order valence-corrected chi connectivity index (χ2v) is 9.00. The van der Waals surface area contributed by atoms with Crippen LogP contribution in [0.25, 0.3) is 0 Å². The SMILES string of the molecule is CCCCCCCC1OC2(c3ccc(Br)cc3)OC(=N)C(C#N)(C2C)C1(C#N)C#N. The van der Waals surface area contributed by atoms with Crippen molar-refractivity contribution < 1.29 is 9.47 Å². The van der Waals surface area contributed by atoms with Crippen LogP contribution < -0.4 is 0 Å². The first-order valence-corrected chi connectivity index (χ1v) is 11.1. The predicted octanol–water partition coefficient (Wildman–Crippen LogP) is 5.55. The molecule has 2 saturated heterocycles. The molecule has 4 unspecified atom stereocenters. The molecule has 0 amide bonds. The number of nitrogens with one attached hydrogen (secondary N) is 1. The number of unbranched alkanes of at least 4 members (excludes halogenated alkanes) is 4. The van der Waals surface area contributed by atoms with Gasteiger partial charge in [-0.25, -0.2) is 0 Å². The van der Waals surface area contributed by atoms with Crippen LogP contribution in [0.4, 0.5) is 0 Å². The van der Waals surface area contributed by atoms with Crippen LogP contribution in [0.2, 0.25) is 0 Å².